The van der Waals surface area contributed by atoms with Crippen molar-refractivity contribution in [1.29, 1.82) is 0 Å². The number of ether oxygens (including phenoxy) is 1. The van der Waals surface area contributed by atoms with Crippen molar-refractivity contribution in [3.63, 3.8) is 0 Å². The molecule has 7 nitrogen and oxygen atoms in total. The van der Waals surface area contributed by atoms with E-state index in [9.17, 15) is 23.2 Å². The van der Waals surface area contributed by atoms with E-state index in [0.29, 0.717) is 28.3 Å². The van der Waals surface area contributed by atoms with Crippen LogP contribution in [0.5, 0.6) is 0 Å². The van der Waals surface area contributed by atoms with E-state index in [4.69, 9.17) is 4.74 Å². The number of anilines is 2. The molecule has 0 bridgehead atoms. The molecule has 3 heterocycles. The molecule has 2 amide bonds. The van der Waals surface area contributed by atoms with Gasteiger partial charge in [0.25, 0.3) is 0 Å². The van der Waals surface area contributed by atoms with Crippen LogP contribution in [0.4, 0.5) is 20.2 Å². The lowest BCUT2D eigenvalue weighted by Gasteiger charge is -2.32. The summed E-state index contributed by atoms with van der Waals surface area (Å²) in [6.07, 6.45) is 1.69. The zero-order chi connectivity index (χ0) is 31.5. The van der Waals surface area contributed by atoms with Crippen LogP contribution in [0.3, 0.4) is 0 Å². The molecule has 4 aromatic rings. The van der Waals surface area contributed by atoms with E-state index < -0.39 is 22.5 Å². The highest BCUT2D eigenvalue weighted by molar-refractivity contribution is 8.01. The van der Waals surface area contributed by atoms with Gasteiger partial charge >= 0.3 is 5.97 Å². The van der Waals surface area contributed by atoms with Crippen LogP contribution in [0.25, 0.3) is 0 Å². The minimum atomic E-state index is -0.610. The van der Waals surface area contributed by atoms with Gasteiger partial charge in [-0.25, -0.2) is 18.6 Å². The summed E-state index contributed by atoms with van der Waals surface area (Å²) in [4.78, 5) is 47.9. The number of rotatable bonds is 9. The number of thioether (sulfide) groups is 3. The van der Waals surface area contributed by atoms with Crippen LogP contribution in [0.1, 0.15) is 37.8 Å². The van der Waals surface area contributed by atoms with Crippen molar-refractivity contribution in [3.8, 4) is 0 Å². The Balaban J connectivity index is 1.38. The smallest absolute Gasteiger partial charge is 0.340 e. The molecule has 2 aliphatic heterocycles. The molecule has 2 fully saturated rings. The van der Waals surface area contributed by atoms with Crippen LogP contribution in [-0.4, -0.2) is 46.6 Å². The Hall–Kier alpha value is -3.87. The van der Waals surface area contributed by atoms with Crippen molar-refractivity contribution in [1.82, 2.24) is 4.98 Å². The molecule has 2 aliphatic rings. The quantitative estimate of drug-likeness (QED) is 0.106. The molecule has 0 N–H and O–H groups in total. The minimum Gasteiger partial charge on any atom is -0.461 e. The van der Waals surface area contributed by atoms with E-state index in [0.717, 1.165) is 10.6 Å². The number of benzene rings is 3. The number of hydrogen-bond acceptors (Lipinski definition) is 8. The van der Waals surface area contributed by atoms with Crippen molar-refractivity contribution in [3.05, 3.63) is 119 Å². The Labute approximate surface area is 271 Å². The van der Waals surface area contributed by atoms with Crippen LogP contribution in [-0.2, 0) is 14.3 Å². The van der Waals surface area contributed by atoms with Crippen LogP contribution in [0, 0.1) is 18.6 Å². The van der Waals surface area contributed by atoms with Gasteiger partial charge in [-0.3, -0.25) is 19.4 Å². The van der Waals surface area contributed by atoms with Gasteiger partial charge in [-0.05, 0) is 72.1 Å². The Kier molecular flexibility index (Phi) is 9.43. The number of aromatic nitrogens is 1. The first-order valence-electron chi connectivity index (χ1n) is 14.0. The fourth-order valence-electron chi connectivity index (χ4n) is 5.31. The third-order valence-corrected chi connectivity index (χ3v) is 10.7. The first-order chi connectivity index (χ1) is 21.8. The van der Waals surface area contributed by atoms with Gasteiger partial charge in [0.2, 0.25) is 11.8 Å². The van der Waals surface area contributed by atoms with Crippen LogP contribution < -0.4 is 9.80 Å². The van der Waals surface area contributed by atoms with Gasteiger partial charge in [-0.15, -0.1) is 35.3 Å². The van der Waals surface area contributed by atoms with E-state index in [1.54, 1.807) is 59.3 Å². The van der Waals surface area contributed by atoms with E-state index in [1.165, 1.54) is 59.6 Å². The normalized spacial score (nSPS) is 18.1. The molecule has 1 aromatic heterocycles. The van der Waals surface area contributed by atoms with Gasteiger partial charge in [-0.1, -0.05) is 30.3 Å². The second-order valence-electron chi connectivity index (χ2n) is 10.2. The molecule has 230 valence electrons. The third-order valence-electron chi connectivity index (χ3n) is 7.37. The lowest BCUT2D eigenvalue weighted by molar-refractivity contribution is -0.116. The first-order valence-corrected chi connectivity index (χ1v) is 17.1. The van der Waals surface area contributed by atoms with Gasteiger partial charge < -0.3 is 4.74 Å². The van der Waals surface area contributed by atoms with Crippen LogP contribution in [0.15, 0.2) is 90.1 Å². The Morgan fingerprint density at radius 3 is 2.07 bits per heavy atom. The second-order valence-corrected chi connectivity index (χ2v) is 13.5. The lowest BCUT2D eigenvalue weighted by atomic mass is 10.0. The van der Waals surface area contributed by atoms with Crippen molar-refractivity contribution in [2.45, 2.75) is 22.7 Å². The summed E-state index contributed by atoms with van der Waals surface area (Å²) in [5.74, 6) is -0.929. The van der Waals surface area contributed by atoms with Gasteiger partial charge in [0, 0.05) is 11.9 Å². The summed E-state index contributed by atoms with van der Waals surface area (Å²) in [6, 6.07) is 20.8. The summed E-state index contributed by atoms with van der Waals surface area (Å²) < 4.78 is 33.2. The Bertz CT molecular complexity index is 1730. The third kappa shape index (κ3) is 6.58. The highest BCUT2D eigenvalue weighted by Crippen LogP contribution is 2.49. The van der Waals surface area contributed by atoms with Gasteiger partial charge in [0.15, 0.2) is 0 Å². The molecule has 0 saturated carbocycles. The van der Waals surface area contributed by atoms with Crippen molar-refractivity contribution < 1.29 is 27.9 Å². The van der Waals surface area contributed by atoms with E-state index in [1.807, 2.05) is 18.2 Å². The number of pyridine rings is 1. The molecule has 6 rings (SSSR count). The highest BCUT2D eigenvalue weighted by atomic mass is 32.2. The number of esters is 1. The zero-order valence-corrected chi connectivity index (χ0v) is 26.5. The number of carbonyl (C=O) groups excluding carboxylic acids is 3. The molecule has 2 unspecified atom stereocenters. The summed E-state index contributed by atoms with van der Waals surface area (Å²) in [5, 5.41) is -0.155. The average molecular weight is 664 g/mol. The largest absolute Gasteiger partial charge is 0.461 e. The topological polar surface area (TPSA) is 79.8 Å². The average Bonchev–Trinajstić information content (AvgIpc) is 3.62. The summed E-state index contributed by atoms with van der Waals surface area (Å²) in [5.41, 5.74) is 3.03. The highest BCUT2D eigenvalue weighted by Gasteiger charge is 2.40. The number of carbonyl (C=O) groups is 3. The fraction of sp³-hybridized carbons (Fsp3) is 0.212. The predicted octanol–water partition coefficient (Wildman–Crippen LogP) is 7.17. The summed E-state index contributed by atoms with van der Waals surface area (Å²) in [6.45, 7) is 1.88. The van der Waals surface area contributed by atoms with E-state index in [2.05, 4.69) is 4.98 Å². The van der Waals surface area contributed by atoms with Crippen LogP contribution in [0.2, 0.25) is 0 Å². The minimum absolute atomic E-state index is 0.109. The molecule has 3 aromatic carbocycles. The monoisotopic (exact) mass is 663 g/mol. The maximum Gasteiger partial charge on any atom is 0.340 e. The predicted molar refractivity (Wildman–Crippen MR) is 175 cm³/mol. The standard InChI is InChI=1S/C33H27F2N3O4S3/c1-20-26(37-28(39)18-44-31(37)21-5-9-23(34)10-6-21)14-13-25(33(41)42-16-17-43-27-4-2-3-15-36-27)30(20)38-29(40)19-45-32(38)22-7-11-24(35)12-8-22/h2-15,31-32H,16-19H2,1H3. The first kappa shape index (κ1) is 31.1. The van der Waals surface area contributed by atoms with Gasteiger partial charge in [0.05, 0.1) is 33.5 Å². The Morgan fingerprint density at radius 2 is 1.47 bits per heavy atom. The molecule has 0 radical (unpaired) electrons. The molecular formula is C33H27F2N3O4S3. The molecule has 0 spiro atoms. The molecular weight excluding hydrogens is 637 g/mol. The van der Waals surface area contributed by atoms with Crippen LogP contribution >= 0.6 is 35.3 Å². The molecule has 12 heteroatoms. The fourth-order valence-corrected chi connectivity index (χ4v) is 8.33. The number of nitrogens with zero attached hydrogens (tertiary/aromatic N) is 3. The molecule has 2 atom stereocenters. The second kappa shape index (κ2) is 13.6. The lowest BCUT2D eigenvalue weighted by Crippen LogP contribution is -2.33. The maximum absolute atomic E-state index is 13.8. The number of amides is 2. The number of halogens is 2. The summed E-state index contributed by atoms with van der Waals surface area (Å²) in [7, 11) is 0. The SMILES string of the molecule is Cc1c(N2C(=O)CSC2c2ccc(F)cc2)ccc(C(=O)OCCSc2ccccn2)c1N1C(=O)CSC1c1ccc(F)cc1. The molecule has 45 heavy (non-hydrogen) atoms. The summed E-state index contributed by atoms with van der Waals surface area (Å²) >= 11 is 4.24. The zero-order valence-electron chi connectivity index (χ0n) is 24.0. The molecule has 2 saturated heterocycles. The van der Waals surface area contributed by atoms with E-state index >= 15 is 0 Å². The Morgan fingerprint density at radius 1 is 0.867 bits per heavy atom. The van der Waals surface area contributed by atoms with Gasteiger partial charge in [-0.2, -0.15) is 0 Å². The maximum atomic E-state index is 13.8. The molecule has 0 aliphatic carbocycles. The number of hydrogen-bond donors (Lipinski definition) is 0. The van der Waals surface area contributed by atoms with Crippen molar-refractivity contribution in [2.24, 2.45) is 0 Å². The van der Waals surface area contributed by atoms with Crippen molar-refractivity contribution >= 4 is 64.4 Å². The van der Waals surface area contributed by atoms with Gasteiger partial charge in [0.1, 0.15) is 29.0 Å². The van der Waals surface area contributed by atoms with E-state index in [-0.39, 0.29) is 41.3 Å². The van der Waals surface area contributed by atoms with Crippen molar-refractivity contribution in [2.75, 3.05) is 33.7 Å².